The van der Waals surface area contributed by atoms with Crippen LogP contribution in [-0.2, 0) is 4.79 Å². The number of nitriles is 1. The van der Waals surface area contributed by atoms with E-state index in [4.69, 9.17) is 4.74 Å². The molecular formula is C15H17NO2. The molecule has 2 rings (SSSR count). The SMILES string of the molecule is COc1cccc(C(C#N)C(=O)C2CC2(C)C)c1. The van der Waals surface area contributed by atoms with Crippen molar-refractivity contribution in [2.75, 3.05) is 7.11 Å². The lowest BCUT2D eigenvalue weighted by molar-refractivity contribution is -0.121. The summed E-state index contributed by atoms with van der Waals surface area (Å²) in [6.45, 7) is 4.13. The summed E-state index contributed by atoms with van der Waals surface area (Å²) in [4.78, 5) is 12.3. The van der Waals surface area contributed by atoms with Crippen molar-refractivity contribution in [3.8, 4) is 11.8 Å². The smallest absolute Gasteiger partial charge is 0.158 e. The number of carbonyl (C=O) groups excluding carboxylic acids is 1. The Kier molecular flexibility index (Phi) is 3.13. The molecule has 2 unspecified atom stereocenters. The average Bonchev–Trinajstić information content (AvgIpc) is 2.99. The first-order chi connectivity index (χ1) is 8.49. The van der Waals surface area contributed by atoms with Crippen molar-refractivity contribution in [2.24, 2.45) is 11.3 Å². The lowest BCUT2D eigenvalue weighted by atomic mass is 9.91. The molecule has 0 spiro atoms. The second-order valence-electron chi connectivity index (χ2n) is 5.49. The molecular weight excluding hydrogens is 226 g/mol. The van der Waals surface area contributed by atoms with Crippen molar-refractivity contribution in [1.82, 2.24) is 0 Å². The Hall–Kier alpha value is -1.82. The molecule has 1 saturated carbocycles. The minimum atomic E-state index is -0.674. The van der Waals surface area contributed by atoms with Crippen LogP contribution in [0, 0.1) is 22.7 Å². The van der Waals surface area contributed by atoms with Crippen molar-refractivity contribution < 1.29 is 9.53 Å². The van der Waals surface area contributed by atoms with Gasteiger partial charge in [0.2, 0.25) is 0 Å². The molecule has 1 fully saturated rings. The molecule has 2 atom stereocenters. The first-order valence-corrected chi connectivity index (χ1v) is 6.07. The van der Waals surface area contributed by atoms with Crippen LogP contribution in [0.2, 0.25) is 0 Å². The van der Waals surface area contributed by atoms with Crippen LogP contribution >= 0.6 is 0 Å². The minimum absolute atomic E-state index is 0.0216. The molecule has 0 N–H and O–H groups in total. The molecule has 1 aromatic carbocycles. The summed E-state index contributed by atoms with van der Waals surface area (Å²) < 4.78 is 5.13. The van der Waals surface area contributed by atoms with Gasteiger partial charge in [-0.3, -0.25) is 4.79 Å². The predicted octanol–water partition coefficient (Wildman–Crippen LogP) is 2.92. The maximum atomic E-state index is 12.3. The van der Waals surface area contributed by atoms with Crippen LogP contribution in [-0.4, -0.2) is 12.9 Å². The molecule has 1 aromatic rings. The first-order valence-electron chi connectivity index (χ1n) is 6.07. The van der Waals surface area contributed by atoms with E-state index in [0.29, 0.717) is 5.75 Å². The van der Waals surface area contributed by atoms with E-state index in [2.05, 4.69) is 19.9 Å². The molecule has 0 aliphatic heterocycles. The normalized spacial score (nSPS) is 21.8. The Bertz CT molecular complexity index is 513. The van der Waals surface area contributed by atoms with Crippen molar-refractivity contribution >= 4 is 5.78 Å². The Morgan fingerprint density at radius 1 is 1.56 bits per heavy atom. The molecule has 3 heteroatoms. The molecule has 0 saturated heterocycles. The monoisotopic (exact) mass is 243 g/mol. The first kappa shape index (κ1) is 12.6. The van der Waals surface area contributed by atoms with Gasteiger partial charge in [-0.15, -0.1) is 0 Å². The highest BCUT2D eigenvalue weighted by atomic mass is 16.5. The number of hydrogen-bond donors (Lipinski definition) is 0. The summed E-state index contributed by atoms with van der Waals surface area (Å²) in [6.07, 6.45) is 0.883. The minimum Gasteiger partial charge on any atom is -0.497 e. The van der Waals surface area contributed by atoms with Crippen LogP contribution < -0.4 is 4.74 Å². The number of ketones is 1. The van der Waals surface area contributed by atoms with E-state index in [1.807, 2.05) is 18.2 Å². The summed E-state index contributed by atoms with van der Waals surface area (Å²) in [5.74, 6) is 0.0617. The van der Waals surface area contributed by atoms with Gasteiger partial charge in [-0.1, -0.05) is 26.0 Å². The largest absolute Gasteiger partial charge is 0.497 e. The van der Waals surface area contributed by atoms with Crippen LogP contribution in [0.4, 0.5) is 0 Å². The standard InChI is InChI=1S/C15H17NO2/c1-15(2)8-13(15)14(17)12(9-16)10-5-4-6-11(7-10)18-3/h4-7,12-13H,8H2,1-3H3. The molecule has 0 heterocycles. The molecule has 1 aliphatic carbocycles. The zero-order chi connectivity index (χ0) is 13.3. The summed E-state index contributed by atoms with van der Waals surface area (Å²) in [5.41, 5.74) is 0.787. The molecule has 3 nitrogen and oxygen atoms in total. The number of methoxy groups -OCH3 is 1. The fourth-order valence-electron chi connectivity index (χ4n) is 2.28. The second-order valence-corrected chi connectivity index (χ2v) is 5.49. The number of carbonyl (C=O) groups is 1. The molecule has 0 bridgehead atoms. The van der Waals surface area contributed by atoms with Gasteiger partial charge in [0, 0.05) is 5.92 Å². The number of benzene rings is 1. The number of Topliss-reactive ketones (excluding diaryl/α,β-unsaturated/α-hetero) is 1. The van der Waals surface area contributed by atoms with Crippen LogP contribution in [0.25, 0.3) is 0 Å². The highest BCUT2D eigenvalue weighted by Crippen LogP contribution is 2.53. The van der Waals surface area contributed by atoms with Gasteiger partial charge >= 0.3 is 0 Å². The number of rotatable bonds is 4. The number of ether oxygens (including phenoxy) is 1. The fraction of sp³-hybridized carbons (Fsp3) is 0.467. The quantitative estimate of drug-likeness (QED) is 0.817. The summed E-state index contributed by atoms with van der Waals surface area (Å²) in [6, 6.07) is 9.32. The van der Waals surface area contributed by atoms with Gasteiger partial charge in [-0.25, -0.2) is 0 Å². The number of nitrogens with zero attached hydrogens (tertiary/aromatic N) is 1. The third kappa shape index (κ3) is 2.24. The molecule has 0 aromatic heterocycles. The molecule has 1 aliphatic rings. The van der Waals surface area contributed by atoms with Crippen LogP contribution in [0.15, 0.2) is 24.3 Å². The van der Waals surface area contributed by atoms with E-state index in [1.54, 1.807) is 13.2 Å². The van der Waals surface area contributed by atoms with E-state index in [-0.39, 0.29) is 17.1 Å². The summed E-state index contributed by atoms with van der Waals surface area (Å²) >= 11 is 0. The Labute approximate surface area is 107 Å². The van der Waals surface area contributed by atoms with Gasteiger partial charge in [-0.05, 0) is 29.5 Å². The van der Waals surface area contributed by atoms with Crippen LogP contribution in [0.3, 0.4) is 0 Å². The average molecular weight is 243 g/mol. The van der Waals surface area contributed by atoms with E-state index >= 15 is 0 Å². The zero-order valence-corrected chi connectivity index (χ0v) is 10.9. The van der Waals surface area contributed by atoms with Crippen molar-refractivity contribution in [3.05, 3.63) is 29.8 Å². The van der Waals surface area contributed by atoms with E-state index in [1.165, 1.54) is 0 Å². The Balaban J connectivity index is 2.24. The Morgan fingerprint density at radius 3 is 2.72 bits per heavy atom. The van der Waals surface area contributed by atoms with Crippen LogP contribution in [0.1, 0.15) is 31.7 Å². The lowest BCUT2D eigenvalue weighted by Gasteiger charge is -2.11. The van der Waals surface area contributed by atoms with Crippen molar-refractivity contribution in [1.29, 1.82) is 5.26 Å². The maximum absolute atomic E-state index is 12.3. The van der Waals surface area contributed by atoms with Gasteiger partial charge in [0.25, 0.3) is 0 Å². The molecule has 0 radical (unpaired) electrons. The zero-order valence-electron chi connectivity index (χ0n) is 10.9. The number of hydrogen-bond acceptors (Lipinski definition) is 3. The second kappa shape index (κ2) is 4.45. The fourth-order valence-corrected chi connectivity index (χ4v) is 2.28. The predicted molar refractivity (Wildman–Crippen MR) is 68.2 cm³/mol. The summed E-state index contributed by atoms with van der Waals surface area (Å²) in [5, 5.41) is 9.25. The third-order valence-corrected chi connectivity index (χ3v) is 3.70. The van der Waals surface area contributed by atoms with Gasteiger partial charge in [0.15, 0.2) is 5.78 Å². The van der Waals surface area contributed by atoms with Crippen molar-refractivity contribution in [3.63, 3.8) is 0 Å². The van der Waals surface area contributed by atoms with E-state index in [9.17, 15) is 10.1 Å². The van der Waals surface area contributed by atoms with E-state index < -0.39 is 5.92 Å². The maximum Gasteiger partial charge on any atom is 0.158 e. The molecule has 0 amide bonds. The highest BCUT2D eigenvalue weighted by Gasteiger charge is 2.52. The van der Waals surface area contributed by atoms with Gasteiger partial charge in [0.1, 0.15) is 11.7 Å². The Morgan fingerprint density at radius 2 is 2.22 bits per heavy atom. The topological polar surface area (TPSA) is 50.1 Å². The third-order valence-electron chi connectivity index (χ3n) is 3.70. The van der Waals surface area contributed by atoms with Crippen molar-refractivity contribution in [2.45, 2.75) is 26.2 Å². The molecule has 94 valence electrons. The van der Waals surface area contributed by atoms with Gasteiger partial charge in [-0.2, -0.15) is 5.26 Å². The molecule has 18 heavy (non-hydrogen) atoms. The van der Waals surface area contributed by atoms with Gasteiger partial charge in [0.05, 0.1) is 13.2 Å². The highest BCUT2D eigenvalue weighted by molar-refractivity contribution is 5.93. The van der Waals surface area contributed by atoms with Gasteiger partial charge < -0.3 is 4.74 Å². The lowest BCUT2D eigenvalue weighted by Crippen LogP contribution is -2.15. The van der Waals surface area contributed by atoms with Crippen LogP contribution in [0.5, 0.6) is 5.75 Å². The summed E-state index contributed by atoms with van der Waals surface area (Å²) in [7, 11) is 1.58. The van der Waals surface area contributed by atoms with E-state index in [0.717, 1.165) is 12.0 Å².